The first-order valence-electron chi connectivity index (χ1n) is 9.87. The number of carbonyl (C=O) groups is 1. The van der Waals surface area contributed by atoms with Crippen molar-refractivity contribution in [1.29, 1.82) is 0 Å². The smallest absolute Gasteiger partial charge is 0.272 e. The van der Waals surface area contributed by atoms with Crippen LogP contribution in [0, 0.1) is 0 Å². The maximum absolute atomic E-state index is 13.3. The fourth-order valence-corrected chi connectivity index (χ4v) is 5.06. The van der Waals surface area contributed by atoms with Gasteiger partial charge in [-0.2, -0.15) is 0 Å². The lowest BCUT2D eigenvalue weighted by molar-refractivity contribution is 0.0940. The van der Waals surface area contributed by atoms with Crippen molar-refractivity contribution in [3.05, 3.63) is 87.9 Å². The van der Waals surface area contributed by atoms with E-state index in [0.29, 0.717) is 11.4 Å². The van der Waals surface area contributed by atoms with Crippen molar-refractivity contribution in [3.63, 3.8) is 0 Å². The fraction of sp³-hybridized carbons (Fsp3) is 0.217. The van der Waals surface area contributed by atoms with Crippen LogP contribution in [0.25, 0.3) is 5.52 Å². The minimum Gasteiger partial charge on any atom is -0.339 e. The second kappa shape index (κ2) is 8.28. The zero-order valence-corrected chi connectivity index (χ0v) is 19.1. The summed E-state index contributed by atoms with van der Waals surface area (Å²) in [5.74, 6) is -0.0138. The molecule has 1 atom stereocenters. The molecule has 1 N–H and O–H groups in total. The van der Waals surface area contributed by atoms with Gasteiger partial charge >= 0.3 is 0 Å². The van der Waals surface area contributed by atoms with Gasteiger partial charge in [-0.05, 0) is 40.6 Å². The Morgan fingerprint density at radius 1 is 1.03 bits per heavy atom. The molecule has 0 saturated heterocycles. The number of imidazole rings is 1. The molecule has 1 unspecified atom stereocenters. The average molecular weight is 454 g/mol. The highest BCUT2D eigenvalue weighted by Crippen LogP contribution is 2.28. The first kappa shape index (κ1) is 21.3. The van der Waals surface area contributed by atoms with Gasteiger partial charge in [0.15, 0.2) is 5.69 Å². The van der Waals surface area contributed by atoms with Crippen molar-refractivity contribution in [1.82, 2.24) is 14.7 Å². The van der Waals surface area contributed by atoms with Gasteiger partial charge in [0.1, 0.15) is 0 Å². The molecule has 4 rings (SSSR count). The minimum atomic E-state index is -3.60. The maximum atomic E-state index is 13.3. The van der Waals surface area contributed by atoms with E-state index in [1.54, 1.807) is 35.7 Å². The first-order chi connectivity index (χ1) is 14.8. The van der Waals surface area contributed by atoms with Crippen molar-refractivity contribution >= 4 is 32.6 Å². The highest BCUT2D eigenvalue weighted by molar-refractivity contribution is 7.90. The van der Waals surface area contributed by atoms with Gasteiger partial charge < -0.3 is 5.32 Å². The van der Waals surface area contributed by atoms with Crippen molar-refractivity contribution < 1.29 is 13.2 Å². The maximum Gasteiger partial charge on any atom is 0.272 e. The Kier molecular flexibility index (Phi) is 5.68. The summed E-state index contributed by atoms with van der Waals surface area (Å²) in [7, 11) is -3.60. The molecule has 0 saturated carbocycles. The number of nitrogens with zero attached hydrogens (tertiary/aromatic N) is 2. The monoisotopic (exact) mass is 453 g/mol. The number of carbonyl (C=O) groups excluding carboxylic acids is 1. The number of pyridine rings is 1. The molecule has 8 heteroatoms. The fourth-order valence-electron chi connectivity index (χ4n) is 3.49. The van der Waals surface area contributed by atoms with Gasteiger partial charge in [-0.3, -0.25) is 9.20 Å². The second-order valence-corrected chi connectivity index (χ2v) is 10.6. The van der Waals surface area contributed by atoms with Crippen LogP contribution in [0.5, 0.6) is 0 Å². The summed E-state index contributed by atoms with van der Waals surface area (Å²) >= 11 is 1.55. The number of thiophene rings is 1. The minimum absolute atomic E-state index is 0.0846. The predicted octanol–water partition coefficient (Wildman–Crippen LogP) is 4.44. The van der Waals surface area contributed by atoms with Gasteiger partial charge in [0.25, 0.3) is 5.91 Å². The lowest BCUT2D eigenvalue weighted by Gasteiger charge is -2.18. The molecule has 0 spiro atoms. The normalized spacial score (nSPS) is 12.9. The Hall–Kier alpha value is -2.97. The number of rotatable bonds is 6. The molecule has 3 aromatic heterocycles. The van der Waals surface area contributed by atoms with E-state index in [4.69, 9.17) is 0 Å². The molecule has 0 aliphatic carbocycles. The van der Waals surface area contributed by atoms with Crippen molar-refractivity contribution in [2.45, 2.75) is 31.0 Å². The number of nitrogens with one attached hydrogen (secondary N) is 1. The van der Waals surface area contributed by atoms with Crippen LogP contribution in [0.4, 0.5) is 0 Å². The first-order valence-corrected chi connectivity index (χ1v) is 12.6. The van der Waals surface area contributed by atoms with Gasteiger partial charge in [-0.15, -0.1) is 11.3 Å². The molecule has 0 aliphatic rings. The molecule has 1 amide bonds. The molecule has 0 fully saturated rings. The molecule has 160 valence electrons. The quantitative estimate of drug-likeness (QED) is 0.468. The van der Waals surface area contributed by atoms with Crippen molar-refractivity contribution in [2.24, 2.45) is 0 Å². The summed E-state index contributed by atoms with van der Waals surface area (Å²) in [6.45, 7) is 4.27. The highest BCUT2D eigenvalue weighted by Gasteiger charge is 2.25. The molecule has 4 aromatic rings. The second-order valence-electron chi connectivity index (χ2n) is 7.71. The SMILES string of the molecule is CC(C)c1ccc(C(NC(=O)c2nc(S(C)(=O)=O)n3ccccc23)c2cccs2)cc1. The van der Waals surface area contributed by atoms with E-state index in [9.17, 15) is 13.2 Å². The summed E-state index contributed by atoms with van der Waals surface area (Å²) in [6.07, 6.45) is 2.68. The molecule has 0 bridgehead atoms. The van der Waals surface area contributed by atoms with Gasteiger partial charge in [0.05, 0.1) is 11.6 Å². The van der Waals surface area contributed by atoms with Gasteiger partial charge in [0, 0.05) is 17.3 Å². The summed E-state index contributed by atoms with van der Waals surface area (Å²) in [6, 6.07) is 16.9. The van der Waals surface area contributed by atoms with Crippen molar-refractivity contribution in [3.8, 4) is 0 Å². The lowest BCUT2D eigenvalue weighted by Crippen LogP contribution is -2.29. The van der Waals surface area contributed by atoms with Crippen LogP contribution in [-0.4, -0.2) is 30.0 Å². The molecule has 31 heavy (non-hydrogen) atoms. The van der Waals surface area contributed by atoms with Crippen LogP contribution < -0.4 is 5.32 Å². The number of hydrogen-bond donors (Lipinski definition) is 1. The summed E-state index contributed by atoms with van der Waals surface area (Å²) in [5.41, 5.74) is 2.70. The van der Waals surface area contributed by atoms with E-state index < -0.39 is 15.7 Å². The Bertz CT molecular complexity index is 1320. The van der Waals surface area contributed by atoms with Crippen molar-refractivity contribution in [2.75, 3.05) is 6.26 Å². The Morgan fingerprint density at radius 3 is 2.35 bits per heavy atom. The third kappa shape index (κ3) is 4.26. The van der Waals surface area contributed by atoms with Gasteiger partial charge in [-0.25, -0.2) is 13.4 Å². The van der Waals surface area contributed by atoms with E-state index in [1.165, 1.54) is 9.96 Å². The summed E-state index contributed by atoms with van der Waals surface area (Å²) < 4.78 is 25.8. The number of aromatic nitrogens is 2. The molecule has 6 nitrogen and oxygen atoms in total. The number of hydrogen-bond acceptors (Lipinski definition) is 5. The molecule has 0 radical (unpaired) electrons. The third-order valence-corrected chi connectivity index (χ3v) is 6.99. The lowest BCUT2D eigenvalue weighted by atomic mass is 9.98. The molecule has 0 aliphatic heterocycles. The molecular formula is C23H23N3O3S2. The summed E-state index contributed by atoms with van der Waals surface area (Å²) in [4.78, 5) is 18.5. The average Bonchev–Trinajstić information content (AvgIpc) is 3.40. The topological polar surface area (TPSA) is 80.5 Å². The zero-order chi connectivity index (χ0) is 22.2. The van der Waals surface area contributed by atoms with Crippen LogP contribution in [-0.2, 0) is 9.84 Å². The molecule has 1 aromatic carbocycles. The molecular weight excluding hydrogens is 430 g/mol. The van der Waals surface area contributed by atoms with E-state index >= 15 is 0 Å². The largest absolute Gasteiger partial charge is 0.339 e. The number of amides is 1. The molecule has 3 heterocycles. The van der Waals surface area contributed by atoms with E-state index in [-0.39, 0.29) is 16.9 Å². The predicted molar refractivity (Wildman–Crippen MR) is 122 cm³/mol. The van der Waals surface area contributed by atoms with Gasteiger partial charge in [-0.1, -0.05) is 50.2 Å². The number of sulfone groups is 1. The Labute approximate surface area is 185 Å². The van der Waals surface area contributed by atoms with Crippen LogP contribution >= 0.6 is 11.3 Å². The van der Waals surface area contributed by atoms with E-state index in [2.05, 4.69) is 36.3 Å². The van der Waals surface area contributed by atoms with E-state index in [0.717, 1.165) is 16.7 Å². The third-order valence-electron chi connectivity index (χ3n) is 5.10. The standard InChI is InChI=1S/C23H23N3O3S2/c1-15(2)16-9-11-17(12-10-16)20(19-8-6-14-30-19)24-22(27)21-18-7-4-5-13-26(18)23(25-21)31(3,28)29/h4-15,20H,1-3H3,(H,24,27). The number of fused-ring (bicyclic) bond motifs is 1. The summed E-state index contributed by atoms with van der Waals surface area (Å²) in [5, 5.41) is 4.87. The zero-order valence-electron chi connectivity index (χ0n) is 17.4. The highest BCUT2D eigenvalue weighted by atomic mass is 32.2. The Morgan fingerprint density at radius 2 is 1.74 bits per heavy atom. The van der Waals surface area contributed by atoms with Crippen LogP contribution in [0.15, 0.2) is 71.3 Å². The van der Waals surface area contributed by atoms with E-state index in [1.807, 2.05) is 29.6 Å². The van der Waals surface area contributed by atoms with Crippen LogP contribution in [0.1, 0.15) is 52.3 Å². The van der Waals surface area contributed by atoms with Crippen LogP contribution in [0.3, 0.4) is 0 Å². The number of benzene rings is 1. The Balaban J connectivity index is 1.74. The van der Waals surface area contributed by atoms with Crippen LogP contribution in [0.2, 0.25) is 0 Å². The van der Waals surface area contributed by atoms with Gasteiger partial charge in [0.2, 0.25) is 15.0 Å².